The van der Waals surface area contributed by atoms with Crippen LogP contribution >= 0.6 is 0 Å². The molecule has 0 saturated heterocycles. The maximum atomic E-state index is 12.5. The third-order valence-corrected chi connectivity index (χ3v) is 4.28. The third kappa shape index (κ3) is 11.2. The van der Waals surface area contributed by atoms with Gasteiger partial charge in [0.25, 0.3) is 11.8 Å². The lowest BCUT2D eigenvalue weighted by Crippen LogP contribution is -2.49. The fourth-order valence-electron chi connectivity index (χ4n) is 2.78. The summed E-state index contributed by atoms with van der Waals surface area (Å²) in [7, 11) is 0. The van der Waals surface area contributed by atoms with Crippen LogP contribution in [0.4, 0.5) is 0 Å². The highest BCUT2D eigenvalue weighted by Crippen LogP contribution is 2.11. The monoisotopic (exact) mass is 481 g/mol. The Labute approximate surface area is 196 Å². The molecule has 0 radical (unpaired) electrons. The van der Waals surface area contributed by atoms with Gasteiger partial charge in [-0.2, -0.15) is 0 Å². The molecule has 0 fully saturated rings. The quantitative estimate of drug-likeness (QED) is 0.171. The highest BCUT2D eigenvalue weighted by Gasteiger charge is 2.26. The second kappa shape index (κ2) is 13.1. The van der Waals surface area contributed by atoms with E-state index in [0.717, 1.165) is 17.1 Å². The zero-order chi connectivity index (χ0) is 25.9. The van der Waals surface area contributed by atoms with Crippen LogP contribution in [0.15, 0.2) is 12.2 Å². The van der Waals surface area contributed by atoms with Crippen molar-refractivity contribution in [3.05, 3.63) is 12.2 Å². The summed E-state index contributed by atoms with van der Waals surface area (Å²) in [5, 5.41) is 7.01. The number of carbonyl (C=O) groups is 7. The number of esters is 1. The first-order valence-corrected chi connectivity index (χ1v) is 10.7. The van der Waals surface area contributed by atoms with Crippen LogP contribution in [0.2, 0.25) is 0 Å². The number of rotatable bonds is 13. The molecule has 1 unspecified atom stereocenters. The first kappa shape index (κ1) is 28.3. The van der Waals surface area contributed by atoms with E-state index in [0.29, 0.717) is 0 Å². The predicted octanol–water partition coefficient (Wildman–Crippen LogP) is -1.98. The van der Waals surface area contributed by atoms with Gasteiger partial charge in [-0.25, -0.2) is 0 Å². The van der Waals surface area contributed by atoms with Crippen LogP contribution in [0.25, 0.3) is 0 Å². The van der Waals surface area contributed by atoms with Crippen molar-refractivity contribution >= 4 is 41.4 Å². The molecule has 0 bridgehead atoms. The molecular weight excluding hydrogens is 450 g/mol. The number of nitrogens with zero attached hydrogens (tertiary/aromatic N) is 1. The molecule has 1 rings (SSSR count). The maximum Gasteiger partial charge on any atom is 0.306 e. The minimum Gasteiger partial charge on any atom is -0.460 e. The molecule has 0 spiro atoms. The van der Waals surface area contributed by atoms with E-state index < -0.39 is 66.1 Å². The number of imide groups is 1. The summed E-state index contributed by atoms with van der Waals surface area (Å²) in [6.45, 7) is 4.22. The van der Waals surface area contributed by atoms with Gasteiger partial charge in [-0.05, 0) is 33.6 Å². The van der Waals surface area contributed by atoms with Gasteiger partial charge in [0.05, 0.1) is 13.1 Å². The zero-order valence-electron chi connectivity index (χ0n) is 19.5. The summed E-state index contributed by atoms with van der Waals surface area (Å²) >= 11 is 0. The van der Waals surface area contributed by atoms with E-state index >= 15 is 0 Å². The summed E-state index contributed by atoms with van der Waals surface area (Å²) in [5.74, 6) is -4.19. The zero-order valence-corrected chi connectivity index (χ0v) is 19.5. The minimum atomic E-state index is -1.15. The van der Waals surface area contributed by atoms with Crippen molar-refractivity contribution in [3.63, 3.8) is 0 Å². The lowest BCUT2D eigenvalue weighted by atomic mass is 10.1. The highest BCUT2D eigenvalue weighted by molar-refractivity contribution is 6.12. The molecule has 1 heterocycles. The van der Waals surface area contributed by atoms with Crippen LogP contribution < -0.4 is 21.7 Å². The first-order valence-electron chi connectivity index (χ1n) is 10.7. The van der Waals surface area contributed by atoms with Gasteiger partial charge in [0.2, 0.25) is 23.6 Å². The van der Waals surface area contributed by atoms with Crippen molar-refractivity contribution in [3.8, 4) is 0 Å². The van der Waals surface area contributed by atoms with Gasteiger partial charge in [0.15, 0.2) is 0 Å². The maximum absolute atomic E-state index is 12.5. The second-order valence-electron chi connectivity index (χ2n) is 8.47. The Balaban J connectivity index is 2.63. The number of hydrogen-bond acceptors (Lipinski definition) is 8. The second-order valence-corrected chi connectivity index (χ2v) is 8.47. The predicted molar refractivity (Wildman–Crippen MR) is 117 cm³/mol. The van der Waals surface area contributed by atoms with Gasteiger partial charge in [-0.1, -0.05) is 0 Å². The Kier molecular flexibility index (Phi) is 10.9. The van der Waals surface area contributed by atoms with Gasteiger partial charge in [-0.3, -0.25) is 38.5 Å². The molecule has 13 heteroatoms. The van der Waals surface area contributed by atoms with Crippen molar-refractivity contribution in [1.29, 1.82) is 0 Å². The third-order valence-electron chi connectivity index (χ3n) is 4.28. The number of ether oxygens (including phenoxy) is 1. The van der Waals surface area contributed by atoms with E-state index in [2.05, 4.69) is 16.0 Å². The molecule has 5 N–H and O–H groups in total. The largest absolute Gasteiger partial charge is 0.460 e. The molecule has 0 aliphatic carbocycles. The molecule has 1 aliphatic rings. The van der Waals surface area contributed by atoms with E-state index in [-0.39, 0.29) is 32.2 Å². The molecule has 34 heavy (non-hydrogen) atoms. The van der Waals surface area contributed by atoms with Crippen molar-refractivity contribution in [2.75, 3.05) is 19.6 Å². The lowest BCUT2D eigenvalue weighted by molar-refractivity contribution is -0.155. The average Bonchev–Trinajstić information content (AvgIpc) is 3.04. The van der Waals surface area contributed by atoms with Gasteiger partial charge in [0.1, 0.15) is 11.6 Å². The van der Waals surface area contributed by atoms with Crippen LogP contribution in [0, 0.1) is 0 Å². The molecule has 1 aliphatic heterocycles. The first-order chi connectivity index (χ1) is 15.8. The SMILES string of the molecule is CC(C)(C)OC(=O)CCC(NC(=O)CCCN1C(=O)C=CC1=O)C(=O)NCC(=O)NCC(N)=O. The summed E-state index contributed by atoms with van der Waals surface area (Å²) in [4.78, 5) is 83.4. The van der Waals surface area contributed by atoms with Crippen LogP contribution in [0.5, 0.6) is 0 Å². The van der Waals surface area contributed by atoms with Crippen LogP contribution in [0.1, 0.15) is 46.5 Å². The smallest absolute Gasteiger partial charge is 0.306 e. The highest BCUT2D eigenvalue weighted by atomic mass is 16.6. The van der Waals surface area contributed by atoms with Crippen LogP contribution in [-0.4, -0.2) is 77.6 Å². The fraction of sp³-hybridized carbons (Fsp3) is 0.571. The average molecular weight is 482 g/mol. The fourth-order valence-corrected chi connectivity index (χ4v) is 2.78. The summed E-state index contributed by atoms with van der Waals surface area (Å²) in [5.41, 5.74) is 4.20. The molecule has 1 atom stereocenters. The Morgan fingerprint density at radius 2 is 1.59 bits per heavy atom. The van der Waals surface area contributed by atoms with E-state index in [9.17, 15) is 33.6 Å². The van der Waals surface area contributed by atoms with Crippen molar-refractivity contribution < 1.29 is 38.3 Å². The topological polar surface area (TPSA) is 194 Å². The Morgan fingerprint density at radius 3 is 2.15 bits per heavy atom. The number of nitrogens with one attached hydrogen (secondary N) is 3. The van der Waals surface area contributed by atoms with Crippen molar-refractivity contribution in [2.45, 2.75) is 58.1 Å². The molecule has 6 amide bonds. The van der Waals surface area contributed by atoms with E-state index in [1.807, 2.05) is 0 Å². The molecule has 0 aromatic carbocycles. The normalized spacial score (nSPS) is 13.9. The molecule has 188 valence electrons. The van der Waals surface area contributed by atoms with Gasteiger partial charge in [-0.15, -0.1) is 0 Å². The number of primary amides is 1. The van der Waals surface area contributed by atoms with Gasteiger partial charge in [0, 0.05) is 31.5 Å². The minimum absolute atomic E-state index is 0.0346. The summed E-state index contributed by atoms with van der Waals surface area (Å²) in [6, 6.07) is -1.15. The molecule has 0 saturated carbocycles. The van der Waals surface area contributed by atoms with Crippen LogP contribution in [-0.2, 0) is 38.3 Å². The van der Waals surface area contributed by atoms with Crippen molar-refractivity contribution in [1.82, 2.24) is 20.9 Å². The summed E-state index contributed by atoms with van der Waals surface area (Å²) in [6.07, 6.45) is 2.08. The standard InChI is InChI=1S/C21H31N5O8/c1-21(2,3)34-19(32)9-6-13(20(33)24-12-16(29)23-11-14(22)27)25-15(28)5-4-10-26-17(30)7-8-18(26)31/h7-8,13H,4-6,9-12H2,1-3H3,(H2,22,27)(H,23,29)(H,24,33)(H,25,28). The van der Waals surface area contributed by atoms with Crippen molar-refractivity contribution in [2.24, 2.45) is 5.73 Å². The Morgan fingerprint density at radius 1 is 0.971 bits per heavy atom. The van der Waals surface area contributed by atoms with Crippen LogP contribution in [0.3, 0.4) is 0 Å². The Bertz CT molecular complexity index is 844. The molecule has 0 aromatic rings. The van der Waals surface area contributed by atoms with Gasteiger partial charge >= 0.3 is 5.97 Å². The van der Waals surface area contributed by atoms with E-state index in [1.54, 1.807) is 20.8 Å². The van der Waals surface area contributed by atoms with Gasteiger partial charge < -0.3 is 26.4 Å². The van der Waals surface area contributed by atoms with E-state index in [1.165, 1.54) is 0 Å². The summed E-state index contributed by atoms with van der Waals surface area (Å²) < 4.78 is 5.20. The number of carbonyl (C=O) groups excluding carboxylic acids is 7. The number of amides is 6. The number of hydrogen-bond donors (Lipinski definition) is 4. The lowest BCUT2D eigenvalue weighted by Gasteiger charge is -2.21. The Hall–Kier alpha value is -3.77. The molecule has 0 aromatic heterocycles. The van der Waals surface area contributed by atoms with E-state index in [4.69, 9.17) is 10.5 Å². The molecular formula is C21H31N5O8. The molecule has 13 nitrogen and oxygen atoms in total. The number of nitrogens with two attached hydrogens (primary N) is 1.